The zero-order valence-corrected chi connectivity index (χ0v) is 13.5. The van der Waals surface area contributed by atoms with Gasteiger partial charge in [-0.2, -0.15) is 0 Å². The van der Waals surface area contributed by atoms with Crippen molar-refractivity contribution in [1.29, 1.82) is 0 Å². The minimum atomic E-state index is 0.233. The number of oxazole rings is 1. The fraction of sp³-hybridized carbons (Fsp3) is 0.316. The molecule has 1 aliphatic rings. The van der Waals surface area contributed by atoms with Crippen molar-refractivity contribution < 1.29 is 4.42 Å². The number of likely N-dealkylation sites (tertiary alicyclic amines) is 1. The van der Waals surface area contributed by atoms with Gasteiger partial charge in [0.05, 0.1) is 17.9 Å². The number of benzene rings is 1. The normalized spacial score (nSPS) is 18.1. The second-order valence-electron chi connectivity index (χ2n) is 6.15. The maximum absolute atomic E-state index is 6.05. The number of hydrogen-bond donors (Lipinski definition) is 0. The first-order valence-electron chi connectivity index (χ1n) is 8.36. The Morgan fingerprint density at radius 2 is 2.00 bits per heavy atom. The molecular weight excluding hydrogens is 300 g/mol. The molecule has 122 valence electrons. The molecule has 1 atom stereocenters. The second-order valence-corrected chi connectivity index (χ2v) is 6.15. The van der Waals surface area contributed by atoms with Gasteiger partial charge in [-0.15, -0.1) is 0 Å². The van der Waals surface area contributed by atoms with E-state index in [0.717, 1.165) is 49.7 Å². The van der Waals surface area contributed by atoms with E-state index in [-0.39, 0.29) is 6.04 Å². The van der Waals surface area contributed by atoms with Crippen LogP contribution >= 0.6 is 0 Å². The van der Waals surface area contributed by atoms with Gasteiger partial charge in [-0.3, -0.25) is 14.9 Å². The van der Waals surface area contributed by atoms with Gasteiger partial charge in [-0.1, -0.05) is 30.3 Å². The fourth-order valence-electron chi connectivity index (χ4n) is 3.27. The first kappa shape index (κ1) is 15.0. The zero-order valence-electron chi connectivity index (χ0n) is 13.5. The van der Waals surface area contributed by atoms with Crippen molar-refractivity contribution in [1.82, 2.24) is 19.9 Å². The Hall–Kier alpha value is -2.53. The largest absolute Gasteiger partial charge is 0.444 e. The summed E-state index contributed by atoms with van der Waals surface area (Å²) in [6, 6.07) is 10.6. The van der Waals surface area contributed by atoms with E-state index in [2.05, 4.69) is 32.0 Å². The third-order valence-electron chi connectivity index (χ3n) is 4.42. The second kappa shape index (κ2) is 6.93. The van der Waals surface area contributed by atoms with E-state index in [4.69, 9.17) is 4.42 Å². The third kappa shape index (κ3) is 3.36. The summed E-state index contributed by atoms with van der Waals surface area (Å²) < 4.78 is 6.05. The van der Waals surface area contributed by atoms with Crippen LogP contribution in [0.5, 0.6) is 0 Å². The number of nitrogens with zero attached hydrogens (tertiary/aromatic N) is 4. The number of hydrogen-bond acceptors (Lipinski definition) is 5. The van der Waals surface area contributed by atoms with Gasteiger partial charge in [0, 0.05) is 31.6 Å². The standard InChI is InChI=1S/C19H20N4O/c1-2-5-15(6-3-1)11-17-13-22-19(24-17)18-7-4-10-23(18)14-16-12-20-8-9-21-16/h1-3,5-6,8-9,12-13,18H,4,7,10-11,14H2/t18-/m1/s1. The van der Waals surface area contributed by atoms with Crippen LogP contribution in [-0.4, -0.2) is 26.4 Å². The lowest BCUT2D eigenvalue weighted by molar-refractivity contribution is 0.210. The lowest BCUT2D eigenvalue weighted by Crippen LogP contribution is -2.23. The van der Waals surface area contributed by atoms with Crippen LogP contribution in [0.15, 0.2) is 59.5 Å². The van der Waals surface area contributed by atoms with Gasteiger partial charge in [0.15, 0.2) is 0 Å². The highest BCUT2D eigenvalue weighted by atomic mass is 16.4. The predicted octanol–water partition coefficient (Wildman–Crippen LogP) is 3.39. The summed E-state index contributed by atoms with van der Waals surface area (Å²) >= 11 is 0. The average Bonchev–Trinajstić information content (AvgIpc) is 3.26. The van der Waals surface area contributed by atoms with Crippen LogP contribution in [0.25, 0.3) is 0 Å². The van der Waals surface area contributed by atoms with Gasteiger partial charge in [0.1, 0.15) is 5.76 Å². The number of rotatable bonds is 5. The highest BCUT2D eigenvalue weighted by molar-refractivity contribution is 5.19. The van der Waals surface area contributed by atoms with Gasteiger partial charge < -0.3 is 4.42 Å². The van der Waals surface area contributed by atoms with Crippen LogP contribution in [-0.2, 0) is 13.0 Å². The molecule has 1 aromatic carbocycles. The third-order valence-corrected chi connectivity index (χ3v) is 4.42. The summed E-state index contributed by atoms with van der Waals surface area (Å²) in [7, 11) is 0. The van der Waals surface area contributed by atoms with E-state index in [1.807, 2.05) is 30.6 Å². The summed E-state index contributed by atoms with van der Waals surface area (Å²) in [4.78, 5) is 15.4. The molecule has 2 aromatic heterocycles. The van der Waals surface area contributed by atoms with Crippen molar-refractivity contribution >= 4 is 0 Å². The van der Waals surface area contributed by atoms with Crippen molar-refractivity contribution in [2.24, 2.45) is 0 Å². The van der Waals surface area contributed by atoms with Crippen LogP contribution in [0.1, 0.15) is 41.8 Å². The molecule has 0 amide bonds. The summed E-state index contributed by atoms with van der Waals surface area (Å²) in [6.45, 7) is 1.83. The van der Waals surface area contributed by atoms with E-state index in [0.29, 0.717) is 0 Å². The smallest absolute Gasteiger partial charge is 0.211 e. The molecule has 1 aliphatic heterocycles. The van der Waals surface area contributed by atoms with Gasteiger partial charge in [0.2, 0.25) is 5.89 Å². The topological polar surface area (TPSA) is 55.1 Å². The van der Waals surface area contributed by atoms with Crippen molar-refractivity contribution in [3.63, 3.8) is 0 Å². The van der Waals surface area contributed by atoms with Gasteiger partial charge in [0.25, 0.3) is 0 Å². The summed E-state index contributed by atoms with van der Waals surface area (Å²) in [5.41, 5.74) is 2.23. The van der Waals surface area contributed by atoms with Crippen LogP contribution < -0.4 is 0 Å². The van der Waals surface area contributed by atoms with Crippen LogP contribution in [0.4, 0.5) is 0 Å². The van der Waals surface area contributed by atoms with E-state index in [1.165, 1.54) is 5.56 Å². The minimum Gasteiger partial charge on any atom is -0.444 e. The van der Waals surface area contributed by atoms with E-state index < -0.39 is 0 Å². The van der Waals surface area contributed by atoms with Crippen molar-refractivity contribution in [3.05, 3.63) is 78.0 Å². The molecule has 0 N–H and O–H groups in total. The van der Waals surface area contributed by atoms with Crippen LogP contribution in [0, 0.1) is 0 Å². The quantitative estimate of drug-likeness (QED) is 0.721. The van der Waals surface area contributed by atoms with Gasteiger partial charge in [-0.05, 0) is 24.9 Å². The molecule has 0 radical (unpaired) electrons. The molecule has 1 saturated heterocycles. The molecule has 4 rings (SSSR count). The summed E-state index contributed by atoms with van der Waals surface area (Å²) in [5, 5.41) is 0. The van der Waals surface area contributed by atoms with E-state index >= 15 is 0 Å². The Balaban J connectivity index is 1.47. The molecule has 0 aliphatic carbocycles. The Morgan fingerprint density at radius 1 is 1.08 bits per heavy atom. The molecule has 5 nitrogen and oxygen atoms in total. The molecule has 24 heavy (non-hydrogen) atoms. The van der Waals surface area contributed by atoms with Crippen LogP contribution in [0.3, 0.4) is 0 Å². The van der Waals surface area contributed by atoms with Crippen molar-refractivity contribution in [3.8, 4) is 0 Å². The highest BCUT2D eigenvalue weighted by Crippen LogP contribution is 2.32. The molecule has 0 unspecified atom stereocenters. The molecule has 5 heteroatoms. The van der Waals surface area contributed by atoms with Crippen LogP contribution in [0.2, 0.25) is 0 Å². The molecule has 3 heterocycles. The lowest BCUT2D eigenvalue weighted by atomic mass is 10.1. The molecule has 3 aromatic rings. The monoisotopic (exact) mass is 320 g/mol. The summed E-state index contributed by atoms with van der Waals surface area (Å²) in [6.07, 6.45) is 10.1. The van der Waals surface area contributed by atoms with Crippen molar-refractivity contribution in [2.75, 3.05) is 6.54 Å². The Bertz CT molecular complexity index is 772. The zero-order chi connectivity index (χ0) is 16.2. The Morgan fingerprint density at radius 3 is 2.83 bits per heavy atom. The Kier molecular flexibility index (Phi) is 4.34. The van der Waals surface area contributed by atoms with Crippen molar-refractivity contribution in [2.45, 2.75) is 31.8 Å². The Labute approximate surface area is 141 Å². The molecule has 0 saturated carbocycles. The van der Waals surface area contributed by atoms with Gasteiger partial charge >= 0.3 is 0 Å². The molecular formula is C19H20N4O. The molecule has 0 bridgehead atoms. The first-order chi connectivity index (χ1) is 11.9. The SMILES string of the molecule is c1ccc(Cc2cnc([C@H]3CCCN3Cc3cnccn3)o2)cc1. The molecule has 1 fully saturated rings. The fourth-order valence-corrected chi connectivity index (χ4v) is 3.27. The summed E-state index contributed by atoms with van der Waals surface area (Å²) in [5.74, 6) is 1.74. The maximum Gasteiger partial charge on any atom is 0.211 e. The van der Waals surface area contributed by atoms with Gasteiger partial charge in [-0.25, -0.2) is 4.98 Å². The first-order valence-corrected chi connectivity index (χ1v) is 8.36. The highest BCUT2D eigenvalue weighted by Gasteiger charge is 2.30. The predicted molar refractivity (Wildman–Crippen MR) is 90.2 cm³/mol. The average molecular weight is 320 g/mol. The van der Waals surface area contributed by atoms with E-state index in [9.17, 15) is 0 Å². The lowest BCUT2D eigenvalue weighted by Gasteiger charge is -2.21. The maximum atomic E-state index is 6.05. The number of aromatic nitrogens is 3. The molecule has 0 spiro atoms. The van der Waals surface area contributed by atoms with E-state index in [1.54, 1.807) is 12.4 Å². The minimum absolute atomic E-state index is 0.233.